The first-order valence-electron chi connectivity index (χ1n) is 6.17. The Bertz CT molecular complexity index is 123. The van der Waals surface area contributed by atoms with Crippen LogP contribution in [-0.2, 0) is 0 Å². The monoisotopic (exact) mass is 161 g/mol. The average Bonchev–Trinajstić information content (AvgIpc) is 2.08. The lowest BCUT2D eigenvalue weighted by atomic mass is 10.1. The van der Waals surface area contributed by atoms with Crippen LogP contribution < -0.4 is 0 Å². The maximum absolute atomic E-state index is 8.53. The summed E-state index contributed by atoms with van der Waals surface area (Å²) in [5.41, 5.74) is 0. The van der Waals surface area contributed by atoms with Crippen molar-refractivity contribution >= 4 is 0 Å². The Morgan fingerprint density at radius 1 is 0.909 bits per heavy atom. The highest BCUT2D eigenvalue weighted by atomic mass is 16.2. The second kappa shape index (κ2) is 9.96. The minimum atomic E-state index is -1.74. The Kier molecular flexibility index (Phi) is 5.86. The van der Waals surface area contributed by atoms with E-state index in [1.807, 2.05) is 0 Å². The summed E-state index contributed by atoms with van der Waals surface area (Å²) in [4.78, 5) is 0. The third kappa shape index (κ3) is 9.96. The predicted octanol–water partition coefficient (Wildman–Crippen LogP) is 3.12. The number of rotatable bonds is 8. The molecule has 0 aromatic carbocycles. The molecule has 1 N–H and O–H groups in total. The zero-order valence-electron chi connectivity index (χ0n) is 10.3. The van der Waals surface area contributed by atoms with E-state index in [0.29, 0.717) is 13.0 Å². The normalized spacial score (nSPS) is 15.5. The van der Waals surface area contributed by atoms with Crippen LogP contribution in [0.5, 0.6) is 0 Å². The zero-order chi connectivity index (χ0) is 10.9. The highest BCUT2D eigenvalue weighted by Crippen LogP contribution is 2.07. The van der Waals surface area contributed by atoms with Crippen LogP contribution >= 0.6 is 0 Å². The van der Waals surface area contributed by atoms with E-state index >= 15 is 0 Å². The van der Waals surface area contributed by atoms with Crippen LogP contribution in [0.4, 0.5) is 0 Å². The van der Waals surface area contributed by atoms with Gasteiger partial charge in [-0.3, -0.25) is 0 Å². The van der Waals surface area contributed by atoms with Gasteiger partial charge >= 0.3 is 0 Å². The lowest BCUT2D eigenvalue weighted by Crippen LogP contribution is -1.83. The summed E-state index contributed by atoms with van der Waals surface area (Å²) in [7, 11) is 0. The van der Waals surface area contributed by atoms with Crippen LogP contribution in [0.1, 0.15) is 62.3 Å². The topological polar surface area (TPSA) is 20.2 Å². The lowest BCUT2D eigenvalue weighted by molar-refractivity contribution is 0.282. The van der Waals surface area contributed by atoms with Gasteiger partial charge in [0, 0.05) is 10.7 Å². The fraction of sp³-hybridized carbons (Fsp3) is 1.00. The molecule has 0 rings (SSSR count). The minimum absolute atomic E-state index is 0.291. The largest absolute Gasteiger partial charge is 0.396 e. The highest BCUT2D eigenvalue weighted by Gasteiger charge is 1.89. The summed E-state index contributed by atoms with van der Waals surface area (Å²) in [6, 6.07) is 0. The molecule has 0 aliphatic carbocycles. The predicted molar refractivity (Wildman–Crippen MR) is 49.7 cm³/mol. The van der Waals surface area contributed by atoms with Crippen LogP contribution in [0.25, 0.3) is 0 Å². The van der Waals surface area contributed by atoms with Gasteiger partial charge in [-0.25, -0.2) is 0 Å². The molecule has 0 atom stereocenters. The third-order valence-electron chi connectivity index (χ3n) is 1.83. The van der Waals surface area contributed by atoms with Crippen molar-refractivity contribution in [2.75, 3.05) is 6.61 Å². The summed E-state index contributed by atoms with van der Waals surface area (Å²) < 4.78 is 21.0. The van der Waals surface area contributed by atoms with Gasteiger partial charge in [0.2, 0.25) is 0 Å². The molecule has 68 valence electrons. The van der Waals surface area contributed by atoms with Crippen LogP contribution in [0.2, 0.25) is 0 Å². The molecular weight excluding hydrogens is 136 g/mol. The summed E-state index contributed by atoms with van der Waals surface area (Å²) in [5.74, 6) is 0. The van der Waals surface area contributed by atoms with E-state index in [0.717, 1.165) is 38.5 Å². The first-order valence-corrected chi connectivity index (χ1v) is 4.67. The number of aliphatic hydroxyl groups is 1. The number of hydrogen-bond donors (Lipinski definition) is 1. The van der Waals surface area contributed by atoms with Crippen molar-refractivity contribution in [1.29, 1.82) is 0 Å². The molecule has 1 nitrogen and oxygen atoms in total. The molecule has 0 radical (unpaired) electrons. The molecule has 0 aromatic rings. The molecule has 1 heteroatoms. The highest BCUT2D eigenvalue weighted by molar-refractivity contribution is 4.44. The van der Waals surface area contributed by atoms with E-state index in [1.165, 1.54) is 6.42 Å². The Morgan fingerprint density at radius 2 is 1.45 bits per heavy atom. The van der Waals surface area contributed by atoms with Crippen molar-refractivity contribution in [3.63, 3.8) is 0 Å². The summed E-state index contributed by atoms with van der Waals surface area (Å²) >= 11 is 0. The van der Waals surface area contributed by atoms with Gasteiger partial charge in [0.15, 0.2) is 0 Å². The Morgan fingerprint density at radius 3 is 2.00 bits per heavy atom. The number of hydrogen-bond acceptors (Lipinski definition) is 1. The van der Waals surface area contributed by atoms with Crippen molar-refractivity contribution in [2.24, 2.45) is 0 Å². The van der Waals surface area contributed by atoms with Crippen molar-refractivity contribution in [1.82, 2.24) is 0 Å². The third-order valence-corrected chi connectivity index (χ3v) is 1.83. The quantitative estimate of drug-likeness (QED) is 0.542. The second-order valence-corrected chi connectivity index (χ2v) is 2.95. The zero-order valence-corrected chi connectivity index (χ0v) is 7.31. The van der Waals surface area contributed by atoms with Crippen LogP contribution in [0, 0.1) is 0 Å². The molecule has 0 aliphatic heterocycles. The molecule has 0 bridgehead atoms. The Hall–Kier alpha value is -0.0400. The van der Waals surface area contributed by atoms with E-state index in [4.69, 9.17) is 9.22 Å². The minimum Gasteiger partial charge on any atom is -0.396 e. The summed E-state index contributed by atoms with van der Waals surface area (Å²) in [5, 5.41) is 8.53. The number of unbranched alkanes of at least 4 members (excludes halogenated alkanes) is 6. The molecule has 0 aliphatic rings. The Labute approximate surface area is 75.0 Å². The van der Waals surface area contributed by atoms with E-state index in [9.17, 15) is 0 Å². The first-order chi connectivity index (χ1) is 6.56. The fourth-order valence-electron chi connectivity index (χ4n) is 1.12. The van der Waals surface area contributed by atoms with E-state index in [2.05, 4.69) is 0 Å². The number of aliphatic hydroxyl groups excluding tert-OH is 1. The van der Waals surface area contributed by atoms with Crippen molar-refractivity contribution in [3.05, 3.63) is 0 Å². The molecule has 0 spiro atoms. The smallest absolute Gasteiger partial charge is 0.0431 e. The molecule has 0 aromatic heterocycles. The fourth-order valence-corrected chi connectivity index (χ4v) is 1.12. The van der Waals surface area contributed by atoms with Gasteiger partial charge in [-0.05, 0) is 6.42 Å². The van der Waals surface area contributed by atoms with E-state index in [1.54, 1.807) is 0 Å². The van der Waals surface area contributed by atoms with Crippen LogP contribution in [0.15, 0.2) is 0 Å². The first kappa shape index (κ1) is 6.47. The van der Waals surface area contributed by atoms with E-state index < -0.39 is 6.85 Å². The standard InChI is InChI=1S/C10H22O/c1-2-3-4-5-6-7-8-9-10-11/h11H,2-10H2,1H3/i1D3. The Balaban J connectivity index is 2.99. The van der Waals surface area contributed by atoms with Gasteiger partial charge in [0.25, 0.3) is 0 Å². The molecule has 0 fully saturated rings. The maximum atomic E-state index is 8.53. The van der Waals surface area contributed by atoms with Crippen molar-refractivity contribution in [2.45, 2.75) is 58.2 Å². The van der Waals surface area contributed by atoms with Gasteiger partial charge in [0.05, 0.1) is 0 Å². The van der Waals surface area contributed by atoms with Crippen LogP contribution in [-0.4, -0.2) is 11.7 Å². The van der Waals surface area contributed by atoms with Crippen molar-refractivity contribution in [3.8, 4) is 0 Å². The van der Waals surface area contributed by atoms with Gasteiger partial charge in [0.1, 0.15) is 0 Å². The second-order valence-electron chi connectivity index (χ2n) is 2.95. The van der Waals surface area contributed by atoms with Gasteiger partial charge in [-0.15, -0.1) is 0 Å². The van der Waals surface area contributed by atoms with Gasteiger partial charge in [-0.1, -0.05) is 51.8 Å². The average molecular weight is 161 g/mol. The van der Waals surface area contributed by atoms with Crippen LogP contribution in [0.3, 0.4) is 0 Å². The maximum Gasteiger partial charge on any atom is 0.0431 e. The molecule has 0 saturated heterocycles. The molecule has 11 heavy (non-hydrogen) atoms. The van der Waals surface area contributed by atoms with Crippen molar-refractivity contribution < 1.29 is 9.22 Å². The molecule has 0 saturated carbocycles. The lowest BCUT2D eigenvalue weighted by Gasteiger charge is -1.98. The van der Waals surface area contributed by atoms with Gasteiger partial charge in [-0.2, -0.15) is 0 Å². The molecular formula is C10H22O. The SMILES string of the molecule is [2H]C([2H])([2H])CCCCCCCCCO. The molecule has 0 unspecified atom stereocenters. The van der Waals surface area contributed by atoms with Gasteiger partial charge < -0.3 is 5.11 Å². The molecule has 0 amide bonds. The summed E-state index contributed by atoms with van der Waals surface area (Å²) in [6.07, 6.45) is 7.64. The molecule has 0 heterocycles. The summed E-state index contributed by atoms with van der Waals surface area (Å²) in [6.45, 7) is -1.45. The van der Waals surface area contributed by atoms with E-state index in [-0.39, 0.29) is 0 Å².